The Kier molecular flexibility index (Phi) is 5.81. The van der Waals surface area contributed by atoms with Crippen LogP contribution in [-0.4, -0.2) is 36.0 Å². The van der Waals surface area contributed by atoms with E-state index in [4.69, 9.17) is 0 Å². The van der Waals surface area contributed by atoms with Gasteiger partial charge in [0.2, 0.25) is 0 Å². The fourth-order valence-electron chi connectivity index (χ4n) is 2.58. The fourth-order valence-corrected chi connectivity index (χ4v) is 2.58. The van der Waals surface area contributed by atoms with Gasteiger partial charge in [-0.3, -0.25) is 4.79 Å². The number of carbonyl (C=O) groups is 1. The van der Waals surface area contributed by atoms with Crippen LogP contribution in [0.2, 0.25) is 0 Å². The van der Waals surface area contributed by atoms with Crippen LogP contribution in [0.25, 0.3) is 0 Å². The Hall–Kier alpha value is -1.34. The van der Waals surface area contributed by atoms with E-state index in [0.717, 1.165) is 12.1 Å². The molecule has 1 heterocycles. The minimum atomic E-state index is -4.82. The lowest BCUT2D eigenvalue weighted by molar-refractivity contribution is -0.140. The molecule has 3 nitrogen and oxygen atoms in total. The zero-order valence-corrected chi connectivity index (χ0v) is 12.9. The predicted molar refractivity (Wildman–Crippen MR) is 76.6 cm³/mol. The second kappa shape index (κ2) is 6.83. The third-order valence-corrected chi connectivity index (χ3v) is 3.38. The van der Waals surface area contributed by atoms with Crippen molar-refractivity contribution in [1.82, 2.24) is 10.2 Å². The van der Waals surface area contributed by atoms with E-state index in [2.05, 4.69) is 5.32 Å². The number of nitrogens with zero attached hydrogens (tertiary/aromatic N) is 1. The van der Waals surface area contributed by atoms with E-state index >= 15 is 0 Å². The molecule has 2 unspecified atom stereocenters. The number of amides is 1. The maximum absolute atomic E-state index is 14.0. The van der Waals surface area contributed by atoms with Crippen LogP contribution in [-0.2, 0) is 6.18 Å². The number of rotatable bonds is 1. The molecular formula is C14H17ClF4N2O. The quantitative estimate of drug-likeness (QED) is 0.797. The van der Waals surface area contributed by atoms with Crippen LogP contribution in [0.1, 0.15) is 29.8 Å². The smallest absolute Gasteiger partial charge is 0.335 e. The molecule has 2 rings (SSSR count). The molecule has 0 saturated carbocycles. The molecule has 1 aromatic rings. The zero-order valence-electron chi connectivity index (χ0n) is 12.1. The summed E-state index contributed by atoms with van der Waals surface area (Å²) >= 11 is 0. The topological polar surface area (TPSA) is 32.3 Å². The van der Waals surface area contributed by atoms with Gasteiger partial charge in [0.25, 0.3) is 5.91 Å². The summed E-state index contributed by atoms with van der Waals surface area (Å²) in [6.45, 7) is 4.38. The van der Waals surface area contributed by atoms with Crippen LogP contribution in [0, 0.1) is 5.82 Å². The van der Waals surface area contributed by atoms with Gasteiger partial charge in [-0.15, -0.1) is 12.4 Å². The highest BCUT2D eigenvalue weighted by atomic mass is 35.5. The Balaban J connectivity index is 0.00000242. The summed E-state index contributed by atoms with van der Waals surface area (Å²) in [4.78, 5) is 13.7. The van der Waals surface area contributed by atoms with E-state index in [1.807, 2.05) is 13.8 Å². The number of hydrogen-bond acceptors (Lipinski definition) is 2. The molecule has 8 heteroatoms. The van der Waals surface area contributed by atoms with Crippen molar-refractivity contribution in [2.75, 3.05) is 13.1 Å². The van der Waals surface area contributed by atoms with Gasteiger partial charge in [-0.2, -0.15) is 13.2 Å². The highest BCUT2D eigenvalue weighted by Crippen LogP contribution is 2.32. The summed E-state index contributed by atoms with van der Waals surface area (Å²) in [6, 6.07) is 2.78. The molecule has 1 saturated heterocycles. The van der Waals surface area contributed by atoms with Crippen molar-refractivity contribution >= 4 is 18.3 Å². The molecule has 1 amide bonds. The van der Waals surface area contributed by atoms with Crippen LogP contribution in [0.3, 0.4) is 0 Å². The Morgan fingerprint density at radius 3 is 2.27 bits per heavy atom. The van der Waals surface area contributed by atoms with E-state index in [0.29, 0.717) is 19.2 Å². The van der Waals surface area contributed by atoms with E-state index in [9.17, 15) is 22.4 Å². The maximum atomic E-state index is 14.0. The average Bonchev–Trinajstić information content (AvgIpc) is 2.35. The SMILES string of the molecule is CC1CN(C(=O)c2cccc(C(F)(F)F)c2F)CC(C)N1.Cl. The first kappa shape index (κ1) is 18.7. The summed E-state index contributed by atoms with van der Waals surface area (Å²) in [5.74, 6) is -2.22. The highest BCUT2D eigenvalue weighted by molar-refractivity contribution is 5.95. The molecule has 124 valence electrons. The van der Waals surface area contributed by atoms with Gasteiger partial charge < -0.3 is 10.2 Å². The van der Waals surface area contributed by atoms with Gasteiger partial charge in [-0.25, -0.2) is 4.39 Å². The monoisotopic (exact) mass is 340 g/mol. The molecule has 2 atom stereocenters. The predicted octanol–water partition coefficient (Wildman–Crippen LogP) is 3.09. The van der Waals surface area contributed by atoms with Gasteiger partial charge >= 0.3 is 6.18 Å². The van der Waals surface area contributed by atoms with Gasteiger partial charge in [0, 0.05) is 25.2 Å². The number of alkyl halides is 3. The second-order valence-corrected chi connectivity index (χ2v) is 5.34. The van der Waals surface area contributed by atoms with Crippen LogP contribution in [0.5, 0.6) is 0 Å². The standard InChI is InChI=1S/C14H16F4N2O.ClH/c1-8-6-20(7-9(2)19-8)13(21)10-4-3-5-11(12(10)15)14(16,17)18;/h3-5,8-9,19H,6-7H2,1-2H3;1H. The normalized spacial score (nSPS) is 22.2. The van der Waals surface area contributed by atoms with Crippen molar-refractivity contribution in [3.8, 4) is 0 Å². The maximum Gasteiger partial charge on any atom is 0.419 e. The number of benzene rings is 1. The van der Waals surface area contributed by atoms with Crippen LogP contribution in [0.4, 0.5) is 17.6 Å². The summed E-state index contributed by atoms with van der Waals surface area (Å²) < 4.78 is 52.0. The summed E-state index contributed by atoms with van der Waals surface area (Å²) in [7, 11) is 0. The number of hydrogen-bond donors (Lipinski definition) is 1. The molecule has 0 aliphatic carbocycles. The molecule has 0 aromatic heterocycles. The molecule has 1 N–H and O–H groups in total. The zero-order chi connectivity index (χ0) is 15.8. The van der Waals surface area contributed by atoms with Crippen molar-refractivity contribution in [2.24, 2.45) is 0 Å². The second-order valence-electron chi connectivity index (χ2n) is 5.34. The van der Waals surface area contributed by atoms with Crippen molar-refractivity contribution in [3.63, 3.8) is 0 Å². The van der Waals surface area contributed by atoms with Gasteiger partial charge in [0.05, 0.1) is 11.1 Å². The van der Waals surface area contributed by atoms with Crippen molar-refractivity contribution in [2.45, 2.75) is 32.1 Å². The molecular weight excluding hydrogens is 324 g/mol. The number of carbonyl (C=O) groups excluding carboxylic acids is 1. The van der Waals surface area contributed by atoms with Crippen LogP contribution in [0.15, 0.2) is 18.2 Å². The van der Waals surface area contributed by atoms with E-state index in [1.54, 1.807) is 0 Å². The lowest BCUT2D eigenvalue weighted by Gasteiger charge is -2.36. The first-order valence-electron chi connectivity index (χ1n) is 6.61. The van der Waals surface area contributed by atoms with E-state index in [-0.39, 0.29) is 24.5 Å². The van der Waals surface area contributed by atoms with Gasteiger partial charge in [-0.05, 0) is 26.0 Å². The molecule has 0 bridgehead atoms. The van der Waals surface area contributed by atoms with E-state index < -0.39 is 29.0 Å². The van der Waals surface area contributed by atoms with Gasteiger partial charge in [-0.1, -0.05) is 6.07 Å². The number of nitrogens with one attached hydrogen (secondary N) is 1. The van der Waals surface area contributed by atoms with Crippen molar-refractivity contribution in [3.05, 3.63) is 35.1 Å². The summed E-state index contributed by atoms with van der Waals surface area (Å²) in [5.41, 5.74) is -1.95. The average molecular weight is 341 g/mol. The Morgan fingerprint density at radius 1 is 1.23 bits per heavy atom. The first-order valence-corrected chi connectivity index (χ1v) is 6.61. The minimum Gasteiger partial charge on any atom is -0.335 e. The third-order valence-electron chi connectivity index (χ3n) is 3.38. The number of halogens is 5. The Morgan fingerprint density at radius 2 is 1.77 bits per heavy atom. The summed E-state index contributed by atoms with van der Waals surface area (Å²) in [5, 5.41) is 3.20. The van der Waals surface area contributed by atoms with Crippen LogP contribution < -0.4 is 5.32 Å². The van der Waals surface area contributed by atoms with Crippen molar-refractivity contribution < 1.29 is 22.4 Å². The number of piperazine rings is 1. The molecule has 0 spiro atoms. The highest BCUT2D eigenvalue weighted by Gasteiger charge is 2.36. The molecule has 1 fully saturated rings. The third kappa shape index (κ3) is 3.89. The largest absolute Gasteiger partial charge is 0.419 e. The van der Waals surface area contributed by atoms with Gasteiger partial charge in [0.1, 0.15) is 5.82 Å². The van der Waals surface area contributed by atoms with Crippen LogP contribution >= 0.6 is 12.4 Å². The Labute approximate surface area is 132 Å². The minimum absolute atomic E-state index is 0. The molecule has 0 radical (unpaired) electrons. The Bertz CT molecular complexity index is 540. The fraction of sp³-hybridized carbons (Fsp3) is 0.500. The summed E-state index contributed by atoms with van der Waals surface area (Å²) in [6.07, 6.45) is -4.82. The van der Waals surface area contributed by atoms with Crippen molar-refractivity contribution in [1.29, 1.82) is 0 Å². The van der Waals surface area contributed by atoms with E-state index in [1.165, 1.54) is 4.90 Å². The molecule has 22 heavy (non-hydrogen) atoms. The molecule has 1 aromatic carbocycles. The lowest BCUT2D eigenvalue weighted by atomic mass is 10.1. The molecule has 1 aliphatic heterocycles. The first-order chi connectivity index (χ1) is 9.70. The lowest BCUT2D eigenvalue weighted by Crippen LogP contribution is -2.56. The van der Waals surface area contributed by atoms with Gasteiger partial charge in [0.15, 0.2) is 0 Å². The molecule has 1 aliphatic rings.